The topological polar surface area (TPSA) is 67.9 Å². The lowest BCUT2D eigenvalue weighted by atomic mass is 10.0. The summed E-state index contributed by atoms with van der Waals surface area (Å²) in [6, 6.07) is 11.4. The highest BCUT2D eigenvalue weighted by atomic mass is 16.6. The largest absolute Gasteiger partial charge is 0.444 e. The van der Waals surface area contributed by atoms with Crippen LogP contribution in [0.1, 0.15) is 50.9 Å². The number of nitrogens with one attached hydrogen (secondary N) is 1. The van der Waals surface area contributed by atoms with Gasteiger partial charge in [-0.3, -0.25) is 10.1 Å². The van der Waals surface area contributed by atoms with Crippen LogP contribution in [0, 0.1) is 0 Å². The van der Waals surface area contributed by atoms with Crippen LogP contribution in [0.3, 0.4) is 0 Å². The van der Waals surface area contributed by atoms with Gasteiger partial charge in [0.15, 0.2) is 0 Å². The number of hydrogen-bond donors (Lipinski definition) is 1. The van der Waals surface area contributed by atoms with Crippen LogP contribution in [-0.2, 0) is 9.47 Å². The molecular formula is C23H30N2O4. The van der Waals surface area contributed by atoms with E-state index in [1.54, 1.807) is 20.8 Å². The first kappa shape index (κ1) is 21.1. The summed E-state index contributed by atoms with van der Waals surface area (Å²) in [5.41, 5.74) is 0.302. The highest BCUT2D eigenvalue weighted by Gasteiger charge is 2.27. The fourth-order valence-corrected chi connectivity index (χ4v) is 3.60. The SMILES string of the molecule is CCOC1CCCN(C(=O)c2cc3ccccc3cc2NC(=O)OC(C)(C)C)C1. The molecule has 1 saturated heterocycles. The summed E-state index contributed by atoms with van der Waals surface area (Å²) in [5.74, 6) is -0.105. The zero-order valence-electron chi connectivity index (χ0n) is 17.7. The lowest BCUT2D eigenvalue weighted by Gasteiger charge is -2.33. The van der Waals surface area contributed by atoms with Crippen molar-refractivity contribution in [2.24, 2.45) is 0 Å². The molecule has 0 bridgehead atoms. The van der Waals surface area contributed by atoms with Crippen LogP contribution in [-0.4, -0.2) is 48.3 Å². The number of nitrogens with zero attached hydrogens (tertiary/aromatic N) is 1. The van der Waals surface area contributed by atoms with E-state index in [4.69, 9.17) is 9.47 Å². The Morgan fingerprint density at radius 2 is 1.86 bits per heavy atom. The Balaban J connectivity index is 1.92. The van der Waals surface area contributed by atoms with Crippen LogP contribution in [0.2, 0.25) is 0 Å². The standard InChI is InChI=1S/C23H30N2O4/c1-5-28-18-11-8-12-25(15-18)21(26)19-13-16-9-6-7-10-17(16)14-20(19)24-22(27)29-23(2,3)4/h6-7,9-10,13-14,18H,5,8,11-12,15H2,1-4H3,(H,24,27). The third kappa shape index (κ3) is 5.48. The predicted octanol–water partition coefficient (Wildman–Crippen LogP) is 4.83. The second-order valence-electron chi connectivity index (χ2n) is 8.34. The highest BCUT2D eigenvalue weighted by molar-refractivity contribution is 6.07. The molecule has 0 aliphatic carbocycles. The monoisotopic (exact) mass is 398 g/mol. The molecule has 1 atom stereocenters. The molecule has 29 heavy (non-hydrogen) atoms. The molecule has 1 unspecified atom stereocenters. The summed E-state index contributed by atoms with van der Waals surface area (Å²) in [4.78, 5) is 27.5. The van der Waals surface area contributed by atoms with Crippen LogP contribution in [0.15, 0.2) is 36.4 Å². The van der Waals surface area contributed by atoms with Gasteiger partial charge in [-0.05, 0) is 63.4 Å². The van der Waals surface area contributed by atoms with Crippen LogP contribution < -0.4 is 5.32 Å². The third-order valence-corrected chi connectivity index (χ3v) is 4.82. The Bertz CT molecular complexity index is 886. The van der Waals surface area contributed by atoms with E-state index in [-0.39, 0.29) is 12.0 Å². The van der Waals surface area contributed by atoms with E-state index >= 15 is 0 Å². The van der Waals surface area contributed by atoms with Crippen molar-refractivity contribution in [1.29, 1.82) is 0 Å². The van der Waals surface area contributed by atoms with Crippen LogP contribution >= 0.6 is 0 Å². The number of amides is 2. The molecule has 2 amide bonds. The first-order valence-electron chi connectivity index (χ1n) is 10.2. The summed E-state index contributed by atoms with van der Waals surface area (Å²) in [7, 11) is 0. The lowest BCUT2D eigenvalue weighted by Crippen LogP contribution is -2.43. The number of carbonyl (C=O) groups excluding carboxylic acids is 2. The van der Waals surface area contributed by atoms with Gasteiger partial charge in [-0.15, -0.1) is 0 Å². The van der Waals surface area contributed by atoms with Gasteiger partial charge in [0.2, 0.25) is 0 Å². The smallest absolute Gasteiger partial charge is 0.412 e. The Kier molecular flexibility index (Phi) is 6.42. The number of anilines is 1. The number of carbonyl (C=O) groups is 2. The van der Waals surface area contributed by atoms with Crippen molar-refractivity contribution in [3.8, 4) is 0 Å². The van der Waals surface area contributed by atoms with Crippen LogP contribution in [0.5, 0.6) is 0 Å². The molecule has 1 heterocycles. The Labute approximate surface area is 172 Å². The maximum atomic E-state index is 13.4. The summed E-state index contributed by atoms with van der Waals surface area (Å²) < 4.78 is 11.1. The molecule has 3 rings (SSSR count). The minimum atomic E-state index is -0.622. The van der Waals surface area contributed by atoms with Gasteiger partial charge in [-0.1, -0.05) is 24.3 Å². The molecule has 1 fully saturated rings. The molecule has 0 aromatic heterocycles. The fraction of sp³-hybridized carbons (Fsp3) is 0.478. The fourth-order valence-electron chi connectivity index (χ4n) is 3.60. The summed E-state index contributed by atoms with van der Waals surface area (Å²) in [6.07, 6.45) is 1.34. The van der Waals surface area contributed by atoms with Gasteiger partial charge >= 0.3 is 6.09 Å². The van der Waals surface area contributed by atoms with Crippen molar-refractivity contribution in [3.63, 3.8) is 0 Å². The van der Waals surface area contributed by atoms with Gasteiger partial charge < -0.3 is 14.4 Å². The Morgan fingerprint density at radius 3 is 2.52 bits per heavy atom. The highest BCUT2D eigenvalue weighted by Crippen LogP contribution is 2.27. The maximum absolute atomic E-state index is 13.4. The van der Waals surface area contributed by atoms with Crippen molar-refractivity contribution < 1.29 is 19.1 Å². The number of piperidine rings is 1. The molecule has 0 saturated carbocycles. The van der Waals surface area contributed by atoms with Gasteiger partial charge in [0.05, 0.1) is 17.4 Å². The first-order chi connectivity index (χ1) is 13.8. The normalized spacial score (nSPS) is 17.2. The minimum absolute atomic E-state index is 0.0559. The van der Waals surface area contributed by atoms with E-state index in [1.807, 2.05) is 48.2 Å². The van der Waals surface area contributed by atoms with E-state index in [1.165, 1.54) is 0 Å². The molecule has 2 aromatic carbocycles. The van der Waals surface area contributed by atoms with E-state index < -0.39 is 11.7 Å². The molecule has 0 spiro atoms. The molecule has 6 nitrogen and oxygen atoms in total. The number of likely N-dealkylation sites (tertiary alicyclic amines) is 1. The molecule has 1 aliphatic rings. The van der Waals surface area contributed by atoms with Gasteiger partial charge in [0.1, 0.15) is 5.60 Å². The molecule has 156 valence electrons. The Morgan fingerprint density at radius 1 is 1.17 bits per heavy atom. The van der Waals surface area contributed by atoms with Crippen LogP contribution in [0.25, 0.3) is 10.8 Å². The number of ether oxygens (including phenoxy) is 2. The quantitative estimate of drug-likeness (QED) is 0.801. The summed E-state index contributed by atoms with van der Waals surface area (Å²) in [6.45, 7) is 9.26. The zero-order valence-corrected chi connectivity index (χ0v) is 17.7. The van der Waals surface area contributed by atoms with E-state index in [0.29, 0.717) is 30.9 Å². The van der Waals surface area contributed by atoms with Gasteiger partial charge in [-0.25, -0.2) is 4.79 Å². The van der Waals surface area contributed by atoms with Gasteiger partial charge in [-0.2, -0.15) is 0 Å². The van der Waals surface area contributed by atoms with Crippen LogP contribution in [0.4, 0.5) is 10.5 Å². The van der Waals surface area contributed by atoms with Crippen molar-refractivity contribution in [1.82, 2.24) is 4.90 Å². The van der Waals surface area contributed by atoms with Gasteiger partial charge in [0, 0.05) is 19.7 Å². The number of rotatable bonds is 4. The van der Waals surface area contributed by atoms with Crippen molar-refractivity contribution >= 4 is 28.5 Å². The maximum Gasteiger partial charge on any atom is 0.412 e. The third-order valence-electron chi connectivity index (χ3n) is 4.82. The van der Waals surface area contributed by atoms with E-state index in [9.17, 15) is 9.59 Å². The van der Waals surface area contributed by atoms with Gasteiger partial charge in [0.25, 0.3) is 5.91 Å². The van der Waals surface area contributed by atoms with Crippen molar-refractivity contribution in [2.45, 2.75) is 52.2 Å². The van der Waals surface area contributed by atoms with Crippen molar-refractivity contribution in [3.05, 3.63) is 42.0 Å². The molecule has 1 N–H and O–H groups in total. The predicted molar refractivity (Wildman–Crippen MR) is 114 cm³/mol. The number of hydrogen-bond acceptors (Lipinski definition) is 4. The molecule has 1 aliphatic heterocycles. The lowest BCUT2D eigenvalue weighted by molar-refractivity contribution is 0.00728. The molecule has 0 radical (unpaired) electrons. The molecule has 6 heteroatoms. The Hall–Kier alpha value is -2.60. The number of fused-ring (bicyclic) bond motifs is 1. The van der Waals surface area contributed by atoms with E-state index in [2.05, 4.69) is 5.32 Å². The molecule has 2 aromatic rings. The average molecular weight is 399 g/mol. The zero-order chi connectivity index (χ0) is 21.0. The summed E-state index contributed by atoms with van der Waals surface area (Å²) in [5, 5.41) is 4.67. The first-order valence-corrected chi connectivity index (χ1v) is 10.2. The van der Waals surface area contributed by atoms with Crippen molar-refractivity contribution in [2.75, 3.05) is 25.0 Å². The average Bonchev–Trinajstić information content (AvgIpc) is 2.66. The second-order valence-corrected chi connectivity index (χ2v) is 8.34. The minimum Gasteiger partial charge on any atom is -0.444 e. The van der Waals surface area contributed by atoms with E-state index in [0.717, 1.165) is 23.6 Å². The summed E-state index contributed by atoms with van der Waals surface area (Å²) >= 11 is 0. The number of benzene rings is 2. The second kappa shape index (κ2) is 8.82. The molecular weight excluding hydrogens is 368 g/mol.